The van der Waals surface area contributed by atoms with Crippen LogP contribution in [0.4, 0.5) is 0 Å². The zero-order valence-electron chi connectivity index (χ0n) is 13.0. The van der Waals surface area contributed by atoms with Crippen molar-refractivity contribution in [2.24, 2.45) is 7.05 Å². The number of nitrogens with zero attached hydrogens (tertiary/aromatic N) is 4. The molecule has 3 aliphatic rings. The monoisotopic (exact) mass is 302 g/mol. The third-order valence-corrected chi connectivity index (χ3v) is 5.41. The van der Waals surface area contributed by atoms with E-state index in [1.807, 2.05) is 16.8 Å². The van der Waals surface area contributed by atoms with Crippen LogP contribution in [0.5, 0.6) is 0 Å². The Morgan fingerprint density at radius 2 is 2.00 bits per heavy atom. The molecule has 4 rings (SSSR count). The lowest BCUT2D eigenvalue weighted by molar-refractivity contribution is -0.146. The minimum Gasteiger partial charge on any atom is -0.338 e. The van der Waals surface area contributed by atoms with Crippen LogP contribution in [0, 0.1) is 0 Å². The van der Waals surface area contributed by atoms with Crippen molar-refractivity contribution >= 4 is 11.8 Å². The lowest BCUT2D eigenvalue weighted by Gasteiger charge is -2.44. The van der Waals surface area contributed by atoms with E-state index in [-0.39, 0.29) is 11.8 Å². The molecule has 1 spiro atoms. The van der Waals surface area contributed by atoms with Gasteiger partial charge in [-0.2, -0.15) is 0 Å². The normalized spacial score (nSPS) is 28.7. The molecular formula is C16H22N4O2. The lowest BCUT2D eigenvalue weighted by Crippen LogP contribution is -2.61. The van der Waals surface area contributed by atoms with Gasteiger partial charge in [0, 0.05) is 26.2 Å². The molecule has 6 heteroatoms. The van der Waals surface area contributed by atoms with E-state index in [9.17, 15) is 9.59 Å². The van der Waals surface area contributed by atoms with Crippen LogP contribution < -0.4 is 0 Å². The van der Waals surface area contributed by atoms with Crippen molar-refractivity contribution in [1.29, 1.82) is 0 Å². The predicted octanol–water partition coefficient (Wildman–Crippen LogP) is 1.18. The van der Waals surface area contributed by atoms with E-state index in [1.165, 1.54) is 0 Å². The van der Waals surface area contributed by atoms with Gasteiger partial charge in [0.2, 0.25) is 5.91 Å². The van der Waals surface area contributed by atoms with Crippen molar-refractivity contribution in [1.82, 2.24) is 19.4 Å². The molecular weight excluding hydrogens is 280 g/mol. The fraction of sp³-hybridized carbons (Fsp3) is 0.688. The van der Waals surface area contributed by atoms with Gasteiger partial charge in [-0.15, -0.1) is 0 Å². The molecule has 1 saturated carbocycles. The van der Waals surface area contributed by atoms with Gasteiger partial charge in [-0.1, -0.05) is 0 Å². The first kappa shape index (κ1) is 13.8. The summed E-state index contributed by atoms with van der Waals surface area (Å²) in [6, 6.07) is 0.430. The Morgan fingerprint density at radius 1 is 1.27 bits per heavy atom. The highest BCUT2D eigenvalue weighted by Crippen LogP contribution is 2.42. The summed E-state index contributed by atoms with van der Waals surface area (Å²) in [5.41, 5.74) is -0.0278. The zero-order valence-corrected chi connectivity index (χ0v) is 13.0. The molecule has 2 amide bonds. The van der Waals surface area contributed by atoms with Crippen LogP contribution in [0.25, 0.3) is 0 Å². The van der Waals surface area contributed by atoms with Crippen LogP contribution in [0.15, 0.2) is 12.5 Å². The summed E-state index contributed by atoms with van der Waals surface area (Å²) < 4.78 is 1.74. The van der Waals surface area contributed by atoms with Crippen LogP contribution in [-0.4, -0.2) is 55.8 Å². The number of aryl methyl sites for hydroxylation is 1. The van der Waals surface area contributed by atoms with Crippen molar-refractivity contribution in [3.8, 4) is 0 Å². The maximum atomic E-state index is 13.1. The molecule has 1 aliphatic carbocycles. The molecule has 6 nitrogen and oxygen atoms in total. The zero-order chi connectivity index (χ0) is 15.3. The number of amides is 2. The van der Waals surface area contributed by atoms with Gasteiger partial charge in [0.25, 0.3) is 5.91 Å². The highest BCUT2D eigenvalue weighted by molar-refractivity contribution is 5.99. The van der Waals surface area contributed by atoms with Crippen LogP contribution in [0.3, 0.4) is 0 Å². The van der Waals surface area contributed by atoms with Gasteiger partial charge in [0.15, 0.2) is 0 Å². The summed E-state index contributed by atoms with van der Waals surface area (Å²) >= 11 is 0. The fourth-order valence-corrected chi connectivity index (χ4v) is 4.11. The van der Waals surface area contributed by atoms with E-state index < -0.39 is 5.54 Å². The molecule has 22 heavy (non-hydrogen) atoms. The first-order chi connectivity index (χ1) is 10.6. The second-order valence-corrected chi connectivity index (χ2v) is 6.81. The molecule has 2 aliphatic heterocycles. The summed E-state index contributed by atoms with van der Waals surface area (Å²) in [6.45, 7) is 1.53. The number of carbonyl (C=O) groups is 2. The molecule has 0 bridgehead atoms. The summed E-state index contributed by atoms with van der Waals surface area (Å²) in [4.78, 5) is 34.0. The van der Waals surface area contributed by atoms with Gasteiger partial charge in [0.05, 0.1) is 12.5 Å². The number of imidazole rings is 1. The van der Waals surface area contributed by atoms with Gasteiger partial charge in [-0.05, 0) is 38.5 Å². The second kappa shape index (κ2) is 4.83. The summed E-state index contributed by atoms with van der Waals surface area (Å²) in [7, 11) is 1.82. The molecule has 3 heterocycles. The number of likely N-dealkylation sites (tertiary alicyclic amines) is 2. The number of piperidine rings is 1. The summed E-state index contributed by atoms with van der Waals surface area (Å²) in [5, 5.41) is 0. The predicted molar refractivity (Wildman–Crippen MR) is 80.2 cm³/mol. The quantitative estimate of drug-likeness (QED) is 0.824. The lowest BCUT2D eigenvalue weighted by atomic mass is 9.85. The Bertz CT molecular complexity index is 621. The SMILES string of the molecule is Cn1cncc1C(=O)N1CCCC12CCCN(C1CC1)C2=O. The van der Waals surface area contributed by atoms with Gasteiger partial charge < -0.3 is 14.4 Å². The maximum absolute atomic E-state index is 13.1. The van der Waals surface area contributed by atoms with E-state index in [1.54, 1.807) is 17.1 Å². The van der Waals surface area contributed by atoms with Crippen molar-refractivity contribution in [3.63, 3.8) is 0 Å². The minimum absolute atomic E-state index is 0.0523. The van der Waals surface area contributed by atoms with Crippen LogP contribution >= 0.6 is 0 Å². The first-order valence-electron chi connectivity index (χ1n) is 8.23. The maximum Gasteiger partial charge on any atom is 0.273 e. The van der Waals surface area contributed by atoms with Gasteiger partial charge in [0.1, 0.15) is 11.2 Å². The van der Waals surface area contributed by atoms with Crippen LogP contribution in [-0.2, 0) is 11.8 Å². The number of aromatic nitrogens is 2. The molecule has 1 atom stereocenters. The highest BCUT2D eigenvalue weighted by Gasteiger charge is 2.55. The molecule has 1 aromatic heterocycles. The van der Waals surface area contributed by atoms with Crippen LogP contribution in [0.1, 0.15) is 49.0 Å². The number of hydrogen-bond donors (Lipinski definition) is 0. The van der Waals surface area contributed by atoms with Crippen molar-refractivity contribution in [2.75, 3.05) is 13.1 Å². The van der Waals surface area contributed by atoms with E-state index >= 15 is 0 Å². The average Bonchev–Trinajstić information content (AvgIpc) is 3.12. The number of rotatable bonds is 2. The number of carbonyl (C=O) groups excluding carboxylic acids is 2. The molecule has 2 saturated heterocycles. The average molecular weight is 302 g/mol. The van der Waals surface area contributed by atoms with E-state index in [2.05, 4.69) is 4.98 Å². The Kier molecular flexibility index (Phi) is 3.03. The Morgan fingerprint density at radius 3 is 2.64 bits per heavy atom. The fourth-order valence-electron chi connectivity index (χ4n) is 4.11. The third kappa shape index (κ3) is 1.89. The highest BCUT2D eigenvalue weighted by atomic mass is 16.2. The van der Waals surface area contributed by atoms with E-state index in [0.29, 0.717) is 18.3 Å². The third-order valence-electron chi connectivity index (χ3n) is 5.41. The molecule has 118 valence electrons. The summed E-state index contributed by atoms with van der Waals surface area (Å²) in [5.74, 6) is 0.137. The Labute approximate surface area is 130 Å². The standard InChI is InChI=1S/C16H22N4O2/c1-18-11-17-10-13(18)14(21)20-9-3-7-16(20)6-2-8-19(15(16)22)12-4-5-12/h10-12H,2-9H2,1H3. The Balaban J connectivity index is 1.66. The summed E-state index contributed by atoms with van der Waals surface area (Å²) in [6.07, 6.45) is 8.99. The largest absolute Gasteiger partial charge is 0.338 e. The van der Waals surface area contributed by atoms with Crippen molar-refractivity contribution < 1.29 is 9.59 Å². The Hall–Kier alpha value is -1.85. The van der Waals surface area contributed by atoms with E-state index in [0.717, 1.165) is 45.1 Å². The van der Waals surface area contributed by atoms with Gasteiger partial charge in [-0.3, -0.25) is 9.59 Å². The first-order valence-corrected chi connectivity index (χ1v) is 8.23. The van der Waals surface area contributed by atoms with Crippen molar-refractivity contribution in [3.05, 3.63) is 18.2 Å². The molecule has 3 fully saturated rings. The molecule has 0 radical (unpaired) electrons. The number of hydrogen-bond acceptors (Lipinski definition) is 3. The molecule has 1 unspecified atom stereocenters. The molecule has 0 aromatic carbocycles. The van der Waals surface area contributed by atoms with Gasteiger partial charge in [-0.25, -0.2) is 4.98 Å². The van der Waals surface area contributed by atoms with E-state index in [4.69, 9.17) is 0 Å². The smallest absolute Gasteiger partial charge is 0.273 e. The molecule has 1 aromatic rings. The topological polar surface area (TPSA) is 58.4 Å². The van der Waals surface area contributed by atoms with Crippen molar-refractivity contribution in [2.45, 2.75) is 50.1 Å². The molecule has 0 N–H and O–H groups in total. The van der Waals surface area contributed by atoms with Crippen LogP contribution in [0.2, 0.25) is 0 Å². The second-order valence-electron chi connectivity index (χ2n) is 6.81. The van der Waals surface area contributed by atoms with Gasteiger partial charge >= 0.3 is 0 Å². The minimum atomic E-state index is -0.595.